The van der Waals surface area contributed by atoms with Gasteiger partial charge in [0.1, 0.15) is 0 Å². The molecule has 0 radical (unpaired) electrons. The van der Waals surface area contributed by atoms with Crippen LogP contribution in [0.2, 0.25) is 0 Å². The van der Waals surface area contributed by atoms with Crippen LogP contribution in [0.1, 0.15) is 0 Å². The lowest BCUT2D eigenvalue weighted by molar-refractivity contribution is 1.57. The Balaban J connectivity index is 1.94. The minimum absolute atomic E-state index is 0.770. The van der Waals surface area contributed by atoms with Gasteiger partial charge >= 0.3 is 0 Å². The van der Waals surface area contributed by atoms with Gasteiger partial charge in [-0.05, 0) is 53.2 Å². The first-order valence-electron chi connectivity index (χ1n) is 5.41. The highest BCUT2D eigenvalue weighted by Gasteiger charge is 1.98. The topological polar surface area (TPSA) is 38.0 Å². The second-order valence-corrected chi connectivity index (χ2v) is 4.87. The molecule has 0 spiro atoms. The Bertz CT molecular complexity index is 658. The average molecular weight is 240 g/mol. The van der Waals surface area contributed by atoms with E-state index in [1.165, 1.54) is 10.1 Å². The summed E-state index contributed by atoms with van der Waals surface area (Å²) in [6, 6.07) is 16.3. The van der Waals surface area contributed by atoms with Gasteiger partial charge in [0, 0.05) is 21.8 Å². The largest absolute Gasteiger partial charge is 0.399 e. The van der Waals surface area contributed by atoms with Crippen LogP contribution in [0.4, 0.5) is 17.1 Å². The Hall–Kier alpha value is -2.00. The van der Waals surface area contributed by atoms with Crippen LogP contribution in [0.15, 0.2) is 53.9 Å². The number of fused-ring (bicyclic) bond motifs is 1. The molecule has 2 aromatic carbocycles. The summed E-state index contributed by atoms with van der Waals surface area (Å²) in [5.74, 6) is 0. The van der Waals surface area contributed by atoms with Crippen molar-refractivity contribution in [2.24, 2.45) is 0 Å². The van der Waals surface area contributed by atoms with E-state index in [1.54, 1.807) is 11.3 Å². The minimum Gasteiger partial charge on any atom is -0.399 e. The van der Waals surface area contributed by atoms with Gasteiger partial charge in [-0.15, -0.1) is 11.3 Å². The van der Waals surface area contributed by atoms with Gasteiger partial charge in [0.2, 0.25) is 0 Å². The second kappa shape index (κ2) is 4.11. The molecule has 0 fully saturated rings. The third-order valence-electron chi connectivity index (χ3n) is 2.63. The lowest BCUT2D eigenvalue weighted by Gasteiger charge is -2.07. The van der Waals surface area contributed by atoms with Crippen LogP contribution in [0.5, 0.6) is 0 Å². The fourth-order valence-corrected chi connectivity index (χ4v) is 2.60. The van der Waals surface area contributed by atoms with E-state index in [-0.39, 0.29) is 0 Å². The summed E-state index contributed by atoms with van der Waals surface area (Å²) < 4.78 is 1.31. The molecule has 17 heavy (non-hydrogen) atoms. The summed E-state index contributed by atoms with van der Waals surface area (Å²) in [5, 5.41) is 6.72. The van der Waals surface area contributed by atoms with Gasteiger partial charge in [-0.2, -0.15) is 0 Å². The van der Waals surface area contributed by atoms with Gasteiger partial charge in [0.05, 0.1) is 0 Å². The van der Waals surface area contributed by atoms with Crippen LogP contribution in [0, 0.1) is 0 Å². The standard InChI is InChI=1S/C14H12N2S/c15-11-2-1-3-12(9-11)16-13-4-5-14-10(8-13)6-7-17-14/h1-9,16H,15H2. The van der Waals surface area contributed by atoms with Crippen molar-refractivity contribution in [3.05, 3.63) is 53.9 Å². The number of thiophene rings is 1. The molecule has 1 aromatic heterocycles. The van der Waals surface area contributed by atoms with Crippen molar-refractivity contribution in [2.75, 3.05) is 11.1 Å². The zero-order valence-corrected chi connectivity index (χ0v) is 10.00. The van der Waals surface area contributed by atoms with Crippen molar-refractivity contribution in [1.82, 2.24) is 0 Å². The summed E-state index contributed by atoms with van der Waals surface area (Å²) in [6.45, 7) is 0. The quantitative estimate of drug-likeness (QED) is 0.658. The maximum atomic E-state index is 5.75. The molecule has 0 bridgehead atoms. The molecule has 0 aliphatic rings. The number of hydrogen-bond donors (Lipinski definition) is 2. The molecule has 0 atom stereocenters. The number of hydrogen-bond acceptors (Lipinski definition) is 3. The lowest BCUT2D eigenvalue weighted by atomic mass is 10.2. The molecule has 0 unspecified atom stereocenters. The van der Waals surface area contributed by atoms with Gasteiger partial charge in [-0.1, -0.05) is 6.07 Å². The van der Waals surface area contributed by atoms with Crippen LogP contribution in [0.3, 0.4) is 0 Å². The van der Waals surface area contributed by atoms with E-state index in [0.717, 1.165) is 17.1 Å². The SMILES string of the molecule is Nc1cccc(Nc2ccc3sccc3c2)c1. The summed E-state index contributed by atoms with van der Waals surface area (Å²) >= 11 is 1.76. The first-order valence-corrected chi connectivity index (χ1v) is 6.29. The summed E-state index contributed by atoms with van der Waals surface area (Å²) in [4.78, 5) is 0. The van der Waals surface area contributed by atoms with E-state index in [4.69, 9.17) is 5.73 Å². The Morgan fingerprint density at radius 2 is 1.82 bits per heavy atom. The van der Waals surface area contributed by atoms with Crippen molar-refractivity contribution in [3.8, 4) is 0 Å². The maximum Gasteiger partial charge on any atom is 0.0404 e. The van der Waals surface area contributed by atoms with Gasteiger partial charge in [-0.25, -0.2) is 0 Å². The van der Waals surface area contributed by atoms with E-state index in [0.29, 0.717) is 0 Å². The predicted molar refractivity (Wildman–Crippen MR) is 76.0 cm³/mol. The van der Waals surface area contributed by atoms with Crippen LogP contribution in [-0.2, 0) is 0 Å². The van der Waals surface area contributed by atoms with Crippen LogP contribution in [-0.4, -0.2) is 0 Å². The number of nitrogens with two attached hydrogens (primary N) is 1. The van der Waals surface area contributed by atoms with E-state index < -0.39 is 0 Å². The summed E-state index contributed by atoms with van der Waals surface area (Å²) in [7, 11) is 0. The van der Waals surface area contributed by atoms with Gasteiger partial charge < -0.3 is 11.1 Å². The third-order valence-corrected chi connectivity index (χ3v) is 3.53. The lowest BCUT2D eigenvalue weighted by Crippen LogP contribution is -1.91. The Morgan fingerprint density at radius 3 is 2.71 bits per heavy atom. The molecule has 0 saturated heterocycles. The van der Waals surface area contributed by atoms with E-state index in [1.807, 2.05) is 24.3 Å². The Morgan fingerprint density at radius 1 is 0.941 bits per heavy atom. The van der Waals surface area contributed by atoms with Crippen molar-refractivity contribution >= 4 is 38.5 Å². The van der Waals surface area contributed by atoms with Gasteiger partial charge in [-0.3, -0.25) is 0 Å². The Labute approximate surface area is 104 Å². The Kier molecular flexibility index (Phi) is 2.46. The summed E-state index contributed by atoms with van der Waals surface area (Å²) in [6.07, 6.45) is 0. The molecule has 0 amide bonds. The van der Waals surface area contributed by atoms with Crippen molar-refractivity contribution in [2.45, 2.75) is 0 Å². The normalized spacial score (nSPS) is 10.6. The highest BCUT2D eigenvalue weighted by Crippen LogP contribution is 2.26. The fraction of sp³-hybridized carbons (Fsp3) is 0. The number of nitrogens with one attached hydrogen (secondary N) is 1. The van der Waals surface area contributed by atoms with E-state index >= 15 is 0 Å². The zero-order valence-electron chi connectivity index (χ0n) is 9.18. The molecule has 3 aromatic rings. The average Bonchev–Trinajstić information content (AvgIpc) is 2.76. The molecule has 3 rings (SSSR count). The van der Waals surface area contributed by atoms with Crippen molar-refractivity contribution < 1.29 is 0 Å². The highest BCUT2D eigenvalue weighted by molar-refractivity contribution is 7.17. The maximum absolute atomic E-state index is 5.75. The van der Waals surface area contributed by atoms with Gasteiger partial charge in [0.25, 0.3) is 0 Å². The highest BCUT2D eigenvalue weighted by atomic mass is 32.1. The number of rotatable bonds is 2. The molecule has 2 nitrogen and oxygen atoms in total. The van der Waals surface area contributed by atoms with Gasteiger partial charge in [0.15, 0.2) is 0 Å². The number of anilines is 3. The second-order valence-electron chi connectivity index (χ2n) is 3.92. The first-order chi connectivity index (χ1) is 8.31. The first kappa shape index (κ1) is 10.2. The number of benzene rings is 2. The monoisotopic (exact) mass is 240 g/mol. The molecular formula is C14H12N2S. The molecule has 3 N–H and O–H groups in total. The molecule has 0 aliphatic carbocycles. The van der Waals surface area contributed by atoms with Crippen LogP contribution in [0.25, 0.3) is 10.1 Å². The fourth-order valence-electron chi connectivity index (χ4n) is 1.83. The molecule has 84 valence electrons. The summed E-state index contributed by atoms with van der Waals surface area (Å²) in [5.41, 5.74) is 8.62. The molecule has 0 aliphatic heterocycles. The molecule has 1 heterocycles. The van der Waals surface area contributed by atoms with Crippen molar-refractivity contribution in [3.63, 3.8) is 0 Å². The minimum atomic E-state index is 0.770. The number of nitrogen functional groups attached to an aromatic ring is 1. The van der Waals surface area contributed by atoms with E-state index in [2.05, 4.69) is 35.0 Å². The smallest absolute Gasteiger partial charge is 0.0404 e. The van der Waals surface area contributed by atoms with Crippen LogP contribution < -0.4 is 11.1 Å². The third kappa shape index (κ3) is 2.10. The molecular weight excluding hydrogens is 228 g/mol. The predicted octanol–water partition coefficient (Wildman–Crippen LogP) is 4.23. The van der Waals surface area contributed by atoms with Crippen LogP contribution >= 0.6 is 11.3 Å². The van der Waals surface area contributed by atoms with Crippen molar-refractivity contribution in [1.29, 1.82) is 0 Å². The molecule has 3 heteroatoms. The molecule has 0 saturated carbocycles. The van der Waals surface area contributed by atoms with E-state index in [9.17, 15) is 0 Å². The zero-order chi connectivity index (χ0) is 11.7.